The Morgan fingerprint density at radius 2 is 1.78 bits per heavy atom. The summed E-state index contributed by atoms with van der Waals surface area (Å²) in [6.07, 6.45) is 2.01. The van der Waals surface area contributed by atoms with Gasteiger partial charge in [0.15, 0.2) is 5.58 Å². The van der Waals surface area contributed by atoms with Crippen LogP contribution in [0.3, 0.4) is 0 Å². The highest BCUT2D eigenvalue weighted by molar-refractivity contribution is 6.06. The summed E-state index contributed by atoms with van der Waals surface area (Å²) in [5.41, 5.74) is 3.33. The minimum Gasteiger partial charge on any atom is -0.436 e. The first-order valence-electron chi connectivity index (χ1n) is 11.8. The van der Waals surface area contributed by atoms with Crippen LogP contribution in [0, 0.1) is 10.1 Å². The summed E-state index contributed by atoms with van der Waals surface area (Å²) < 4.78 is 6.01. The van der Waals surface area contributed by atoms with E-state index in [0.717, 1.165) is 42.3 Å². The van der Waals surface area contributed by atoms with Crippen molar-refractivity contribution in [3.05, 3.63) is 94.5 Å². The fourth-order valence-corrected chi connectivity index (χ4v) is 4.77. The number of nitrogens with zero attached hydrogens (tertiary/aromatic N) is 3. The van der Waals surface area contributed by atoms with Gasteiger partial charge in [0.1, 0.15) is 11.2 Å². The molecule has 1 amide bonds. The topological polar surface area (TPSA) is 102 Å². The molecule has 1 saturated heterocycles. The van der Waals surface area contributed by atoms with Gasteiger partial charge in [-0.3, -0.25) is 14.9 Å². The third-order valence-corrected chi connectivity index (χ3v) is 6.55. The van der Waals surface area contributed by atoms with Gasteiger partial charge in [0, 0.05) is 36.0 Å². The Morgan fingerprint density at radius 3 is 2.61 bits per heavy atom. The van der Waals surface area contributed by atoms with Gasteiger partial charge >= 0.3 is 0 Å². The second kappa shape index (κ2) is 8.81. The highest BCUT2D eigenvalue weighted by atomic mass is 16.6. The highest BCUT2D eigenvalue weighted by Gasteiger charge is 2.24. The summed E-state index contributed by atoms with van der Waals surface area (Å²) in [6, 6.07) is 23.9. The molecule has 1 N–H and O–H groups in total. The Kier molecular flexibility index (Phi) is 5.33. The first-order chi connectivity index (χ1) is 17.6. The van der Waals surface area contributed by atoms with Crippen molar-refractivity contribution in [2.45, 2.75) is 12.8 Å². The number of nitro benzene ring substituents is 1. The SMILES string of the molecule is O=C(Nc1ccc2oc(-c3cccc4ccccc34)nc2c1)c1ccc(N2CCCC2)c([N+](=O)[O-])c1. The molecule has 8 nitrogen and oxygen atoms in total. The molecule has 0 radical (unpaired) electrons. The van der Waals surface area contributed by atoms with Crippen molar-refractivity contribution in [3.8, 4) is 11.5 Å². The average molecular weight is 479 g/mol. The van der Waals surface area contributed by atoms with E-state index in [-0.39, 0.29) is 11.3 Å². The molecule has 0 unspecified atom stereocenters. The van der Waals surface area contributed by atoms with Crippen molar-refractivity contribution >= 4 is 44.8 Å². The predicted octanol–water partition coefficient (Wildman–Crippen LogP) is 6.41. The van der Waals surface area contributed by atoms with E-state index in [2.05, 4.69) is 10.3 Å². The van der Waals surface area contributed by atoms with E-state index in [1.165, 1.54) is 6.07 Å². The van der Waals surface area contributed by atoms with Gasteiger partial charge < -0.3 is 14.6 Å². The van der Waals surface area contributed by atoms with Crippen LogP contribution in [0.2, 0.25) is 0 Å². The number of hydrogen-bond donors (Lipinski definition) is 1. The largest absolute Gasteiger partial charge is 0.436 e. The molecule has 0 atom stereocenters. The summed E-state index contributed by atoms with van der Waals surface area (Å²) in [5.74, 6) is 0.0709. The molecule has 1 aliphatic rings. The van der Waals surface area contributed by atoms with Gasteiger partial charge in [0.05, 0.1) is 4.92 Å². The van der Waals surface area contributed by atoms with E-state index in [9.17, 15) is 14.9 Å². The molecule has 1 aromatic heterocycles. The lowest BCUT2D eigenvalue weighted by Crippen LogP contribution is -2.19. The van der Waals surface area contributed by atoms with Crippen LogP contribution in [0.5, 0.6) is 0 Å². The molecule has 6 rings (SSSR count). The zero-order valence-electron chi connectivity index (χ0n) is 19.3. The number of anilines is 2. The maximum Gasteiger partial charge on any atom is 0.293 e. The zero-order chi connectivity index (χ0) is 24.6. The molecule has 36 heavy (non-hydrogen) atoms. The molecule has 178 valence electrons. The predicted molar refractivity (Wildman–Crippen MR) is 139 cm³/mol. The number of oxazole rings is 1. The standard InChI is InChI=1S/C28H22N4O4/c33-27(19-10-12-24(25(16-19)32(34)35)31-14-3-4-15-31)29-20-11-13-26-23(17-20)30-28(36-26)22-9-5-7-18-6-1-2-8-21(18)22/h1-2,5-13,16-17H,3-4,14-15H2,(H,29,33). The van der Waals surface area contributed by atoms with Crippen molar-refractivity contribution in [2.24, 2.45) is 0 Å². The van der Waals surface area contributed by atoms with Crippen molar-refractivity contribution in [1.82, 2.24) is 4.98 Å². The molecule has 0 aliphatic carbocycles. The van der Waals surface area contributed by atoms with Gasteiger partial charge in [-0.05, 0) is 60.0 Å². The molecule has 2 heterocycles. The minimum atomic E-state index is -0.430. The molecule has 4 aromatic carbocycles. The fraction of sp³-hybridized carbons (Fsp3) is 0.143. The Bertz CT molecular complexity index is 1630. The number of nitro groups is 1. The Balaban J connectivity index is 1.28. The van der Waals surface area contributed by atoms with Crippen molar-refractivity contribution in [3.63, 3.8) is 0 Å². The molecular weight excluding hydrogens is 456 g/mol. The number of benzene rings is 4. The van der Waals surface area contributed by atoms with Crippen LogP contribution in [0.4, 0.5) is 17.1 Å². The van der Waals surface area contributed by atoms with E-state index >= 15 is 0 Å². The summed E-state index contributed by atoms with van der Waals surface area (Å²) in [4.78, 5) is 30.8. The normalized spacial score (nSPS) is 13.4. The lowest BCUT2D eigenvalue weighted by molar-refractivity contribution is -0.384. The quantitative estimate of drug-likeness (QED) is 0.231. The number of aromatic nitrogens is 1. The molecule has 1 fully saturated rings. The summed E-state index contributed by atoms with van der Waals surface area (Å²) in [5, 5.41) is 16.6. The maximum absolute atomic E-state index is 12.9. The second-order valence-corrected chi connectivity index (χ2v) is 8.84. The van der Waals surface area contributed by atoms with Gasteiger partial charge in [-0.15, -0.1) is 0 Å². The van der Waals surface area contributed by atoms with Crippen LogP contribution in [-0.2, 0) is 0 Å². The van der Waals surface area contributed by atoms with Crippen LogP contribution < -0.4 is 10.2 Å². The minimum absolute atomic E-state index is 0.0590. The van der Waals surface area contributed by atoms with Crippen LogP contribution in [0.15, 0.2) is 83.3 Å². The number of nitrogens with one attached hydrogen (secondary N) is 1. The summed E-state index contributed by atoms with van der Waals surface area (Å²) in [7, 11) is 0. The third-order valence-electron chi connectivity index (χ3n) is 6.55. The van der Waals surface area contributed by atoms with E-state index in [0.29, 0.717) is 28.4 Å². The number of amides is 1. The first kappa shape index (κ1) is 21.8. The summed E-state index contributed by atoms with van der Waals surface area (Å²) in [6.45, 7) is 1.57. The van der Waals surface area contributed by atoms with E-state index in [4.69, 9.17) is 4.42 Å². The second-order valence-electron chi connectivity index (χ2n) is 8.84. The van der Waals surface area contributed by atoms with Crippen LogP contribution >= 0.6 is 0 Å². The van der Waals surface area contributed by atoms with Crippen molar-refractivity contribution < 1.29 is 14.1 Å². The lowest BCUT2D eigenvalue weighted by atomic mass is 10.0. The molecule has 5 aromatic rings. The van der Waals surface area contributed by atoms with Gasteiger partial charge in [-0.1, -0.05) is 36.4 Å². The Hall–Kier alpha value is -4.72. The summed E-state index contributed by atoms with van der Waals surface area (Å²) >= 11 is 0. The Morgan fingerprint density at radius 1 is 0.972 bits per heavy atom. The van der Waals surface area contributed by atoms with Gasteiger partial charge in [-0.2, -0.15) is 0 Å². The molecule has 0 saturated carbocycles. The zero-order valence-corrected chi connectivity index (χ0v) is 19.3. The van der Waals surface area contributed by atoms with Crippen LogP contribution in [-0.4, -0.2) is 28.9 Å². The molecule has 8 heteroatoms. The lowest BCUT2D eigenvalue weighted by Gasteiger charge is -2.17. The van der Waals surface area contributed by atoms with Gasteiger partial charge in [-0.25, -0.2) is 4.98 Å². The van der Waals surface area contributed by atoms with E-state index in [1.807, 2.05) is 47.4 Å². The molecule has 0 bridgehead atoms. The van der Waals surface area contributed by atoms with Gasteiger partial charge in [0.2, 0.25) is 5.89 Å². The Labute approximate surface area is 206 Å². The van der Waals surface area contributed by atoms with Crippen molar-refractivity contribution in [2.75, 3.05) is 23.3 Å². The molecule has 1 aliphatic heterocycles. The van der Waals surface area contributed by atoms with E-state index < -0.39 is 10.8 Å². The highest BCUT2D eigenvalue weighted by Crippen LogP contribution is 2.33. The average Bonchev–Trinajstić information content (AvgIpc) is 3.58. The van der Waals surface area contributed by atoms with Crippen LogP contribution in [0.25, 0.3) is 33.3 Å². The monoisotopic (exact) mass is 478 g/mol. The number of carbonyl (C=O) groups is 1. The number of carbonyl (C=O) groups excluding carboxylic acids is 1. The number of hydrogen-bond acceptors (Lipinski definition) is 6. The first-order valence-corrected chi connectivity index (χ1v) is 11.8. The van der Waals surface area contributed by atoms with E-state index in [1.54, 1.807) is 30.3 Å². The van der Waals surface area contributed by atoms with Crippen molar-refractivity contribution in [1.29, 1.82) is 0 Å². The van der Waals surface area contributed by atoms with Crippen LogP contribution in [0.1, 0.15) is 23.2 Å². The number of rotatable bonds is 5. The molecule has 0 spiro atoms. The smallest absolute Gasteiger partial charge is 0.293 e. The van der Waals surface area contributed by atoms with Gasteiger partial charge in [0.25, 0.3) is 11.6 Å². The number of fused-ring (bicyclic) bond motifs is 2. The fourth-order valence-electron chi connectivity index (χ4n) is 4.77. The molecular formula is C28H22N4O4. The third kappa shape index (κ3) is 3.92. The maximum atomic E-state index is 12.9.